The Kier molecular flexibility index (Phi) is 3.58. The molecule has 0 atom stereocenters. The van der Waals surface area contributed by atoms with Gasteiger partial charge in [0.1, 0.15) is 0 Å². The Hall–Kier alpha value is -1.53. The maximum atomic E-state index is 12.5. The van der Waals surface area contributed by atoms with Crippen LogP contribution in [0.5, 0.6) is 0 Å². The van der Waals surface area contributed by atoms with Crippen molar-refractivity contribution >= 4 is 51.6 Å². The van der Waals surface area contributed by atoms with Crippen LogP contribution in [-0.4, -0.2) is 28.5 Å². The van der Waals surface area contributed by atoms with Crippen LogP contribution in [0.3, 0.4) is 0 Å². The van der Waals surface area contributed by atoms with Gasteiger partial charge in [-0.25, -0.2) is 0 Å². The zero-order chi connectivity index (χ0) is 15.1. The zero-order valence-corrected chi connectivity index (χ0v) is 15.2. The van der Waals surface area contributed by atoms with Crippen LogP contribution in [0.15, 0.2) is 57.8 Å². The summed E-state index contributed by atoms with van der Waals surface area (Å²) in [5.74, 6) is 0. The molecule has 0 spiro atoms. The van der Waals surface area contributed by atoms with Gasteiger partial charge in [-0.3, -0.25) is 0 Å². The van der Waals surface area contributed by atoms with E-state index in [1.807, 2.05) is 48.5 Å². The van der Waals surface area contributed by atoms with Crippen LogP contribution in [0, 0.1) is 0 Å². The first-order valence-corrected chi connectivity index (χ1v) is 9.66. The first-order chi connectivity index (χ1) is 10.7. The van der Waals surface area contributed by atoms with Crippen molar-refractivity contribution in [2.24, 2.45) is 0 Å². The van der Waals surface area contributed by atoms with Crippen molar-refractivity contribution in [2.45, 2.75) is 0 Å². The number of halogens is 1. The van der Waals surface area contributed by atoms with E-state index in [0.717, 1.165) is 24.7 Å². The molecular formula is C15H8BrN3OSSe. The van der Waals surface area contributed by atoms with Gasteiger partial charge in [0, 0.05) is 0 Å². The molecule has 2 aromatic carbocycles. The van der Waals surface area contributed by atoms with Crippen molar-refractivity contribution in [3.8, 4) is 15.7 Å². The fraction of sp³-hybridized carbons (Fsp3) is 0. The Balaban J connectivity index is 1.81. The molecule has 7 heteroatoms. The van der Waals surface area contributed by atoms with E-state index in [0.29, 0.717) is 5.13 Å². The fourth-order valence-corrected chi connectivity index (χ4v) is 5.41. The van der Waals surface area contributed by atoms with Crippen LogP contribution in [-0.2, 0) is 0 Å². The Morgan fingerprint density at radius 1 is 1.05 bits per heavy atom. The van der Waals surface area contributed by atoms with Crippen LogP contribution in [0.1, 0.15) is 0 Å². The third kappa shape index (κ3) is 2.40. The summed E-state index contributed by atoms with van der Waals surface area (Å²) >= 11 is 4.80. The third-order valence-corrected chi connectivity index (χ3v) is 7.17. The first kappa shape index (κ1) is 14.1. The van der Waals surface area contributed by atoms with E-state index in [2.05, 4.69) is 26.1 Å². The van der Waals surface area contributed by atoms with E-state index < -0.39 is 0 Å². The van der Waals surface area contributed by atoms with Crippen molar-refractivity contribution in [1.82, 2.24) is 13.8 Å². The van der Waals surface area contributed by atoms with Gasteiger partial charge in [0.05, 0.1) is 0 Å². The quantitative estimate of drug-likeness (QED) is 0.453. The number of benzene rings is 2. The number of nitrogens with zero attached hydrogens (tertiary/aromatic N) is 3. The van der Waals surface area contributed by atoms with Gasteiger partial charge in [-0.05, 0) is 0 Å². The SMILES string of the molecule is O=c1c2ccccc2[se]n1-c1nnc(-c2ccc(Br)cc2)s1. The molecule has 2 heterocycles. The molecule has 0 saturated heterocycles. The Bertz CT molecular complexity index is 1020. The summed E-state index contributed by atoms with van der Waals surface area (Å²) in [6, 6.07) is 15.6. The molecule has 22 heavy (non-hydrogen) atoms. The summed E-state index contributed by atoms with van der Waals surface area (Å²) in [7, 11) is 0. The molecule has 0 bridgehead atoms. The molecule has 0 amide bonds. The molecular weight excluding hydrogens is 429 g/mol. The van der Waals surface area contributed by atoms with Crippen LogP contribution in [0.25, 0.3) is 25.3 Å². The molecule has 0 aliphatic rings. The molecule has 0 unspecified atom stereocenters. The van der Waals surface area contributed by atoms with E-state index in [4.69, 9.17) is 0 Å². The number of hydrogen-bond donors (Lipinski definition) is 0. The van der Waals surface area contributed by atoms with Crippen molar-refractivity contribution in [2.75, 3.05) is 0 Å². The molecule has 108 valence electrons. The van der Waals surface area contributed by atoms with Crippen molar-refractivity contribution in [3.05, 3.63) is 63.4 Å². The van der Waals surface area contributed by atoms with E-state index in [9.17, 15) is 4.79 Å². The van der Waals surface area contributed by atoms with Crippen LogP contribution >= 0.6 is 27.3 Å². The molecule has 0 aliphatic heterocycles. The molecule has 4 nitrogen and oxygen atoms in total. The van der Waals surface area contributed by atoms with Crippen molar-refractivity contribution in [1.29, 1.82) is 0 Å². The first-order valence-electron chi connectivity index (χ1n) is 6.43. The topological polar surface area (TPSA) is 47.8 Å². The minimum atomic E-state index is -0.0653. The fourth-order valence-electron chi connectivity index (χ4n) is 2.10. The predicted octanol–water partition coefficient (Wildman–Crippen LogP) is 3.33. The van der Waals surface area contributed by atoms with Gasteiger partial charge >= 0.3 is 144 Å². The van der Waals surface area contributed by atoms with Crippen LogP contribution in [0.2, 0.25) is 0 Å². The average Bonchev–Trinajstić information content (AvgIpc) is 3.14. The summed E-state index contributed by atoms with van der Waals surface area (Å²) in [6.07, 6.45) is 0. The number of hydrogen-bond acceptors (Lipinski definition) is 4. The molecule has 2 aromatic heterocycles. The molecule has 4 rings (SSSR count). The summed E-state index contributed by atoms with van der Waals surface area (Å²) < 4.78 is 3.87. The molecule has 0 fully saturated rings. The number of aromatic nitrogens is 3. The summed E-state index contributed by atoms with van der Waals surface area (Å²) in [4.78, 5) is 12.5. The number of fused-ring (bicyclic) bond motifs is 1. The second kappa shape index (κ2) is 5.59. The second-order valence-corrected chi connectivity index (χ2v) is 8.53. The van der Waals surface area contributed by atoms with Crippen molar-refractivity contribution in [3.63, 3.8) is 0 Å². The van der Waals surface area contributed by atoms with Gasteiger partial charge in [-0.15, -0.1) is 0 Å². The Morgan fingerprint density at radius 3 is 2.59 bits per heavy atom. The van der Waals surface area contributed by atoms with Gasteiger partial charge in [0.2, 0.25) is 0 Å². The minimum absolute atomic E-state index is 0.0223. The van der Waals surface area contributed by atoms with Gasteiger partial charge in [-0.2, -0.15) is 0 Å². The molecule has 4 aromatic rings. The van der Waals surface area contributed by atoms with Gasteiger partial charge in [-0.1, -0.05) is 0 Å². The molecule has 0 radical (unpaired) electrons. The standard InChI is InChI=1S/C15H8BrN3OSSe/c16-10-7-5-9(6-8-10)13-17-18-15(21-13)19-14(20)11-3-1-2-4-12(11)22-19/h1-8H. The zero-order valence-electron chi connectivity index (χ0n) is 11.1. The molecule has 0 aliphatic carbocycles. The third-order valence-electron chi connectivity index (χ3n) is 3.17. The Labute approximate surface area is 144 Å². The van der Waals surface area contributed by atoms with Gasteiger partial charge in [0.15, 0.2) is 0 Å². The van der Waals surface area contributed by atoms with E-state index in [-0.39, 0.29) is 20.3 Å². The van der Waals surface area contributed by atoms with Crippen LogP contribution < -0.4 is 5.56 Å². The summed E-state index contributed by atoms with van der Waals surface area (Å²) in [5, 5.41) is 10.7. The van der Waals surface area contributed by atoms with E-state index >= 15 is 0 Å². The maximum absolute atomic E-state index is 12.5. The summed E-state index contributed by atoms with van der Waals surface area (Å²) in [5.41, 5.74) is 1.03. The number of rotatable bonds is 2. The monoisotopic (exact) mass is 437 g/mol. The molecule has 0 N–H and O–H groups in total. The normalized spacial score (nSPS) is 11.1. The van der Waals surface area contributed by atoms with Gasteiger partial charge in [0.25, 0.3) is 0 Å². The van der Waals surface area contributed by atoms with Crippen LogP contribution in [0.4, 0.5) is 0 Å². The Morgan fingerprint density at radius 2 is 1.82 bits per heavy atom. The average molecular weight is 437 g/mol. The second-order valence-electron chi connectivity index (χ2n) is 4.58. The van der Waals surface area contributed by atoms with Gasteiger partial charge < -0.3 is 0 Å². The summed E-state index contributed by atoms with van der Waals surface area (Å²) in [6.45, 7) is 0. The van der Waals surface area contributed by atoms with E-state index in [1.54, 1.807) is 3.56 Å². The predicted molar refractivity (Wildman–Crippen MR) is 93.1 cm³/mol. The molecule has 0 saturated carbocycles. The van der Waals surface area contributed by atoms with Crippen molar-refractivity contribution < 1.29 is 0 Å². The van der Waals surface area contributed by atoms with E-state index in [1.165, 1.54) is 11.3 Å².